The molecule has 1 aromatic carbocycles. The van der Waals surface area contributed by atoms with Crippen molar-refractivity contribution in [2.24, 2.45) is 0 Å². The van der Waals surface area contributed by atoms with E-state index in [2.05, 4.69) is 10.2 Å². The highest BCUT2D eigenvalue weighted by atomic mass is 19.1. The molecule has 0 saturated carbocycles. The Morgan fingerprint density at radius 1 is 1.28 bits per heavy atom. The molecule has 0 unspecified atom stereocenters. The van der Waals surface area contributed by atoms with Crippen LogP contribution in [0.1, 0.15) is 18.4 Å². The van der Waals surface area contributed by atoms with Crippen LogP contribution in [-0.4, -0.2) is 46.3 Å². The molecule has 134 valence electrons. The van der Waals surface area contributed by atoms with E-state index in [4.69, 9.17) is 5.11 Å². The van der Waals surface area contributed by atoms with E-state index in [1.54, 1.807) is 16.7 Å². The molecule has 1 aliphatic heterocycles. The van der Waals surface area contributed by atoms with Gasteiger partial charge in [0, 0.05) is 43.7 Å². The molecule has 2 aromatic rings. The summed E-state index contributed by atoms with van der Waals surface area (Å²) in [6, 6.07) is 6.10. The van der Waals surface area contributed by atoms with Gasteiger partial charge in [0.2, 0.25) is 0 Å². The Labute approximate surface area is 144 Å². The summed E-state index contributed by atoms with van der Waals surface area (Å²) in [6.07, 6.45) is 0.521. The number of carboxylic acid groups (broad SMARTS) is 1. The first-order chi connectivity index (χ1) is 11.9. The highest BCUT2D eigenvalue weighted by molar-refractivity contribution is 5.82. The van der Waals surface area contributed by atoms with E-state index in [0.29, 0.717) is 18.6 Å². The van der Waals surface area contributed by atoms with E-state index in [1.165, 1.54) is 12.1 Å². The van der Waals surface area contributed by atoms with Crippen LogP contribution < -0.4 is 10.9 Å². The van der Waals surface area contributed by atoms with Crippen LogP contribution >= 0.6 is 0 Å². The Morgan fingerprint density at radius 3 is 2.68 bits per heavy atom. The van der Waals surface area contributed by atoms with Crippen LogP contribution in [0, 0.1) is 12.7 Å². The topological polar surface area (TPSA) is 74.6 Å². The van der Waals surface area contributed by atoms with E-state index >= 15 is 0 Å². The van der Waals surface area contributed by atoms with Gasteiger partial charge in [-0.05, 0) is 43.5 Å². The van der Waals surface area contributed by atoms with Gasteiger partial charge in [0.15, 0.2) is 0 Å². The quantitative estimate of drug-likeness (QED) is 0.889. The third-order valence-corrected chi connectivity index (χ3v) is 4.84. The van der Waals surface area contributed by atoms with E-state index in [-0.39, 0.29) is 17.4 Å². The molecular formula is C18H22FN3O3. The summed E-state index contributed by atoms with van der Waals surface area (Å²) in [4.78, 5) is 25.2. The number of benzene rings is 1. The average Bonchev–Trinajstić information content (AvgIpc) is 2.55. The number of piperidine rings is 1. The lowest BCUT2D eigenvalue weighted by atomic mass is 10.1. The van der Waals surface area contributed by atoms with E-state index in [0.717, 1.165) is 36.9 Å². The largest absolute Gasteiger partial charge is 0.465 e. The van der Waals surface area contributed by atoms with Crippen molar-refractivity contribution in [2.75, 3.05) is 19.6 Å². The number of rotatable bonds is 4. The first-order valence-electron chi connectivity index (χ1n) is 8.45. The molecule has 1 saturated heterocycles. The molecule has 25 heavy (non-hydrogen) atoms. The Kier molecular flexibility index (Phi) is 5.03. The first kappa shape index (κ1) is 17.4. The van der Waals surface area contributed by atoms with E-state index in [9.17, 15) is 14.0 Å². The van der Waals surface area contributed by atoms with Crippen molar-refractivity contribution >= 4 is 17.0 Å². The second kappa shape index (κ2) is 7.23. The predicted octanol–water partition coefficient (Wildman–Crippen LogP) is 2.18. The maximum absolute atomic E-state index is 13.6. The lowest BCUT2D eigenvalue weighted by Gasteiger charge is -2.31. The highest BCUT2D eigenvalue weighted by Crippen LogP contribution is 2.18. The number of amides is 1. The molecule has 6 nitrogen and oxygen atoms in total. The number of hydrogen-bond acceptors (Lipinski definition) is 3. The maximum Gasteiger partial charge on any atom is 0.404 e. The second-order valence-electron chi connectivity index (χ2n) is 6.54. The number of pyridine rings is 1. The molecule has 2 N–H and O–H groups in total. The van der Waals surface area contributed by atoms with Crippen LogP contribution in [0.2, 0.25) is 0 Å². The van der Waals surface area contributed by atoms with Gasteiger partial charge < -0.3 is 19.9 Å². The summed E-state index contributed by atoms with van der Waals surface area (Å²) in [5.41, 5.74) is 1.34. The number of aromatic nitrogens is 1. The third-order valence-electron chi connectivity index (χ3n) is 4.84. The lowest BCUT2D eigenvalue weighted by molar-refractivity contribution is 0.166. The zero-order valence-corrected chi connectivity index (χ0v) is 14.2. The lowest BCUT2D eigenvalue weighted by Crippen LogP contribution is -2.45. The summed E-state index contributed by atoms with van der Waals surface area (Å²) in [6.45, 7) is 4.56. The van der Waals surface area contributed by atoms with Crippen LogP contribution in [0.15, 0.2) is 29.1 Å². The van der Waals surface area contributed by atoms with Crippen molar-refractivity contribution in [3.63, 3.8) is 0 Å². The Bertz CT molecular complexity index is 841. The van der Waals surface area contributed by atoms with Gasteiger partial charge in [-0.3, -0.25) is 4.79 Å². The zero-order chi connectivity index (χ0) is 18.0. The number of fused-ring (bicyclic) bond motifs is 1. The van der Waals surface area contributed by atoms with Crippen molar-refractivity contribution in [3.05, 3.63) is 46.0 Å². The van der Waals surface area contributed by atoms with Gasteiger partial charge in [-0.15, -0.1) is 0 Å². The van der Waals surface area contributed by atoms with Crippen molar-refractivity contribution in [1.29, 1.82) is 0 Å². The molecule has 0 atom stereocenters. The number of likely N-dealkylation sites (tertiary alicyclic amines) is 1. The van der Waals surface area contributed by atoms with Gasteiger partial charge in [-0.25, -0.2) is 9.18 Å². The predicted molar refractivity (Wildman–Crippen MR) is 93.5 cm³/mol. The van der Waals surface area contributed by atoms with Crippen LogP contribution in [0.25, 0.3) is 10.9 Å². The smallest absolute Gasteiger partial charge is 0.404 e. The fourth-order valence-electron chi connectivity index (χ4n) is 3.47. The normalized spacial score (nSPS) is 16.2. The SMILES string of the molecule is Cc1cc(=O)n(CCN2CCC(NC(=O)O)CC2)c2cc(F)ccc12. The van der Waals surface area contributed by atoms with Crippen LogP contribution in [0.4, 0.5) is 9.18 Å². The van der Waals surface area contributed by atoms with Gasteiger partial charge in [0.05, 0.1) is 5.52 Å². The monoisotopic (exact) mass is 347 g/mol. The van der Waals surface area contributed by atoms with Crippen molar-refractivity contribution in [2.45, 2.75) is 32.4 Å². The van der Waals surface area contributed by atoms with Gasteiger partial charge in [0.25, 0.3) is 5.56 Å². The average molecular weight is 347 g/mol. The minimum absolute atomic E-state index is 0.00854. The van der Waals surface area contributed by atoms with Crippen molar-refractivity contribution in [1.82, 2.24) is 14.8 Å². The molecule has 1 aliphatic rings. The molecule has 0 aliphatic carbocycles. The molecule has 1 aromatic heterocycles. The maximum atomic E-state index is 13.6. The standard InChI is InChI=1S/C18H22FN3O3/c1-12-10-17(23)22(16-11-13(19)2-3-15(12)16)9-8-21-6-4-14(5-7-21)20-18(24)25/h2-3,10-11,14,20H,4-9H2,1H3,(H,24,25). The van der Waals surface area contributed by atoms with Crippen molar-refractivity contribution < 1.29 is 14.3 Å². The molecule has 3 rings (SSSR count). The molecule has 0 bridgehead atoms. The minimum atomic E-state index is -0.988. The summed E-state index contributed by atoms with van der Waals surface area (Å²) >= 11 is 0. The van der Waals surface area contributed by atoms with Crippen LogP contribution in [-0.2, 0) is 6.54 Å². The summed E-state index contributed by atoms with van der Waals surface area (Å²) in [7, 11) is 0. The van der Waals surface area contributed by atoms with Gasteiger partial charge in [-0.1, -0.05) is 0 Å². The number of nitrogens with zero attached hydrogens (tertiary/aromatic N) is 2. The van der Waals surface area contributed by atoms with Gasteiger partial charge in [-0.2, -0.15) is 0 Å². The molecular weight excluding hydrogens is 325 g/mol. The molecule has 2 heterocycles. The van der Waals surface area contributed by atoms with Crippen molar-refractivity contribution in [3.8, 4) is 0 Å². The number of carbonyl (C=O) groups is 1. The van der Waals surface area contributed by atoms with E-state index in [1.807, 2.05) is 6.92 Å². The molecule has 1 amide bonds. The third kappa shape index (κ3) is 3.99. The summed E-state index contributed by atoms with van der Waals surface area (Å²) < 4.78 is 15.3. The summed E-state index contributed by atoms with van der Waals surface area (Å²) in [5, 5.41) is 12.2. The Hall–Kier alpha value is -2.41. The first-order valence-corrected chi connectivity index (χ1v) is 8.45. The number of aryl methyl sites for hydroxylation is 1. The van der Waals surface area contributed by atoms with Gasteiger partial charge in [0.1, 0.15) is 5.82 Å². The fraction of sp³-hybridized carbons (Fsp3) is 0.444. The Balaban J connectivity index is 1.71. The number of hydrogen-bond donors (Lipinski definition) is 2. The molecule has 0 radical (unpaired) electrons. The number of halogens is 1. The van der Waals surface area contributed by atoms with E-state index < -0.39 is 6.09 Å². The second-order valence-corrected chi connectivity index (χ2v) is 6.54. The number of nitrogens with one attached hydrogen (secondary N) is 1. The molecule has 0 spiro atoms. The molecule has 7 heteroatoms. The summed E-state index contributed by atoms with van der Waals surface area (Å²) in [5.74, 6) is -0.355. The Morgan fingerprint density at radius 2 is 2.00 bits per heavy atom. The highest BCUT2D eigenvalue weighted by Gasteiger charge is 2.20. The fourth-order valence-corrected chi connectivity index (χ4v) is 3.47. The zero-order valence-electron chi connectivity index (χ0n) is 14.2. The molecule has 1 fully saturated rings. The van der Waals surface area contributed by atoms with Crippen LogP contribution in [0.5, 0.6) is 0 Å². The minimum Gasteiger partial charge on any atom is -0.465 e. The van der Waals surface area contributed by atoms with Crippen LogP contribution in [0.3, 0.4) is 0 Å². The van der Waals surface area contributed by atoms with Gasteiger partial charge >= 0.3 is 6.09 Å².